The molecule has 0 unspecified atom stereocenters. The van der Waals surface area contributed by atoms with Gasteiger partial charge in [0.05, 0.1) is 12.1 Å². The highest BCUT2D eigenvalue weighted by Gasteiger charge is 2.14. The predicted molar refractivity (Wildman–Crippen MR) is 140 cm³/mol. The van der Waals surface area contributed by atoms with Crippen molar-refractivity contribution in [1.29, 1.82) is 0 Å². The van der Waals surface area contributed by atoms with Crippen LogP contribution in [0, 0.1) is 0 Å². The number of para-hydroxylation sites is 1. The zero-order valence-electron chi connectivity index (χ0n) is 20.1. The van der Waals surface area contributed by atoms with E-state index in [0.29, 0.717) is 25.4 Å². The molecule has 3 aromatic carbocycles. The molecule has 8 heteroatoms. The average Bonchev–Trinajstić information content (AvgIpc) is 3.20. The van der Waals surface area contributed by atoms with E-state index in [1.54, 1.807) is 7.11 Å². The molecule has 0 aliphatic heterocycles. The monoisotopic (exact) mass is 490 g/mol. The second kappa shape index (κ2) is 13.7. The van der Waals surface area contributed by atoms with E-state index in [4.69, 9.17) is 19.7 Å². The number of carboxylic acid groups (broad SMARTS) is 2. The topological polar surface area (TPSA) is 110 Å². The number of hydrogen-bond acceptors (Lipinski definition) is 5. The van der Waals surface area contributed by atoms with Crippen molar-refractivity contribution >= 4 is 33.7 Å². The summed E-state index contributed by atoms with van der Waals surface area (Å²) >= 11 is 0. The molecule has 8 nitrogen and oxygen atoms in total. The molecule has 0 saturated heterocycles. The van der Waals surface area contributed by atoms with Crippen LogP contribution in [-0.2, 0) is 20.9 Å². The Morgan fingerprint density at radius 2 is 1.47 bits per heavy atom. The van der Waals surface area contributed by atoms with Crippen molar-refractivity contribution in [3.63, 3.8) is 0 Å². The summed E-state index contributed by atoms with van der Waals surface area (Å²) in [6, 6.07) is 25.5. The maximum absolute atomic E-state index is 9.55. The van der Waals surface area contributed by atoms with Crippen LogP contribution in [0.3, 0.4) is 0 Å². The highest BCUT2D eigenvalue weighted by molar-refractivity contribution is 6.11. The van der Waals surface area contributed by atoms with Gasteiger partial charge < -0.3 is 29.6 Å². The van der Waals surface area contributed by atoms with E-state index >= 15 is 0 Å². The van der Waals surface area contributed by atoms with Gasteiger partial charge in [0.2, 0.25) is 0 Å². The lowest BCUT2D eigenvalue weighted by atomic mass is 10.1. The summed E-state index contributed by atoms with van der Waals surface area (Å²) in [6.07, 6.45) is 1.12. The fourth-order valence-corrected chi connectivity index (χ4v) is 3.80. The van der Waals surface area contributed by atoms with E-state index in [9.17, 15) is 9.59 Å². The lowest BCUT2D eigenvalue weighted by molar-refractivity contribution is -0.134. The van der Waals surface area contributed by atoms with Gasteiger partial charge in [0.25, 0.3) is 0 Å². The minimum Gasteiger partial charge on any atom is -0.492 e. The molecular formula is C28H30N2O6. The zero-order chi connectivity index (χ0) is 25.8. The fourth-order valence-electron chi connectivity index (χ4n) is 3.80. The molecule has 36 heavy (non-hydrogen) atoms. The number of rotatable bonds is 11. The van der Waals surface area contributed by atoms with Gasteiger partial charge in [0.15, 0.2) is 0 Å². The number of aliphatic carboxylic acids is 2. The molecule has 4 aromatic rings. The SMILES string of the molecule is COCCNCCOc1cccc2c1c1ccccc1n2Cc1ccccc1.O=C(O)/C=C/C(=O)O. The third kappa shape index (κ3) is 7.43. The summed E-state index contributed by atoms with van der Waals surface area (Å²) in [7, 11) is 1.71. The maximum atomic E-state index is 9.55. The molecule has 0 spiro atoms. The molecule has 188 valence electrons. The third-order valence-electron chi connectivity index (χ3n) is 5.33. The Kier molecular flexibility index (Phi) is 10.1. The first-order chi connectivity index (χ1) is 17.5. The van der Waals surface area contributed by atoms with E-state index in [-0.39, 0.29) is 0 Å². The van der Waals surface area contributed by atoms with Gasteiger partial charge in [-0.25, -0.2) is 9.59 Å². The highest BCUT2D eigenvalue weighted by atomic mass is 16.5. The van der Waals surface area contributed by atoms with Crippen LogP contribution in [0.1, 0.15) is 5.56 Å². The average molecular weight is 491 g/mol. The van der Waals surface area contributed by atoms with Gasteiger partial charge in [-0.1, -0.05) is 54.6 Å². The summed E-state index contributed by atoms with van der Waals surface area (Å²) in [5.74, 6) is -1.58. The van der Waals surface area contributed by atoms with Crippen molar-refractivity contribution < 1.29 is 29.3 Å². The predicted octanol–water partition coefficient (Wildman–Crippen LogP) is 4.17. The van der Waals surface area contributed by atoms with Crippen LogP contribution in [0.5, 0.6) is 5.75 Å². The zero-order valence-corrected chi connectivity index (χ0v) is 20.1. The van der Waals surface area contributed by atoms with E-state index in [1.165, 1.54) is 27.4 Å². The molecule has 0 aliphatic rings. The second-order valence-electron chi connectivity index (χ2n) is 7.84. The summed E-state index contributed by atoms with van der Waals surface area (Å²) in [6.45, 7) is 3.80. The minimum absolute atomic E-state index is 0.558. The first-order valence-corrected chi connectivity index (χ1v) is 11.5. The van der Waals surface area contributed by atoms with Crippen LogP contribution in [0.25, 0.3) is 21.8 Å². The number of carboxylic acids is 2. The Morgan fingerprint density at radius 3 is 2.17 bits per heavy atom. The van der Waals surface area contributed by atoms with Crippen molar-refractivity contribution in [1.82, 2.24) is 9.88 Å². The van der Waals surface area contributed by atoms with Gasteiger partial charge in [-0.15, -0.1) is 0 Å². The second-order valence-corrected chi connectivity index (χ2v) is 7.84. The summed E-state index contributed by atoms with van der Waals surface area (Å²) < 4.78 is 13.6. The number of carbonyl (C=O) groups is 2. The molecule has 0 saturated carbocycles. The van der Waals surface area contributed by atoms with Crippen molar-refractivity contribution in [3.05, 3.63) is 90.5 Å². The summed E-state index contributed by atoms with van der Waals surface area (Å²) in [5, 5.41) is 21.4. The highest BCUT2D eigenvalue weighted by Crippen LogP contribution is 2.36. The molecule has 0 aliphatic carbocycles. The minimum atomic E-state index is -1.26. The Balaban J connectivity index is 0.000000392. The Morgan fingerprint density at radius 1 is 0.833 bits per heavy atom. The van der Waals surface area contributed by atoms with Gasteiger partial charge in [-0.2, -0.15) is 0 Å². The number of benzene rings is 3. The molecule has 1 heterocycles. The number of fused-ring (bicyclic) bond motifs is 3. The quantitative estimate of drug-likeness (QED) is 0.214. The Labute approximate surface area is 209 Å². The van der Waals surface area contributed by atoms with Crippen LogP contribution in [0.15, 0.2) is 84.9 Å². The van der Waals surface area contributed by atoms with Crippen LogP contribution in [0.2, 0.25) is 0 Å². The normalized spacial score (nSPS) is 10.9. The smallest absolute Gasteiger partial charge is 0.328 e. The molecule has 0 radical (unpaired) electrons. The summed E-state index contributed by atoms with van der Waals surface area (Å²) in [4.78, 5) is 19.1. The fraction of sp³-hybridized carbons (Fsp3) is 0.214. The standard InChI is InChI=1S/C24H26N2O2.C4H4O4/c1-27-16-14-25-15-17-28-23-13-7-12-22-24(23)20-10-5-6-11-21(20)26(22)18-19-8-3-2-4-9-19;5-3(6)1-2-4(7)8/h2-13,25H,14-18H2,1H3;1-2H,(H,5,6)(H,7,8)/b;2-1+. The van der Waals surface area contributed by atoms with E-state index in [1.807, 2.05) is 0 Å². The summed E-state index contributed by atoms with van der Waals surface area (Å²) in [5.41, 5.74) is 3.73. The van der Waals surface area contributed by atoms with E-state index < -0.39 is 11.9 Å². The van der Waals surface area contributed by atoms with Crippen LogP contribution in [-0.4, -0.2) is 60.1 Å². The first-order valence-electron chi connectivity index (χ1n) is 11.5. The molecule has 1 aromatic heterocycles. The molecule has 0 bridgehead atoms. The van der Waals surface area contributed by atoms with Gasteiger partial charge in [-0.05, 0) is 23.8 Å². The van der Waals surface area contributed by atoms with E-state index in [2.05, 4.69) is 82.7 Å². The molecule has 0 amide bonds. The number of nitrogens with zero attached hydrogens (tertiary/aromatic N) is 1. The molecule has 4 rings (SSSR count). The molecular weight excluding hydrogens is 460 g/mol. The molecule has 3 N–H and O–H groups in total. The maximum Gasteiger partial charge on any atom is 0.328 e. The number of nitrogens with one attached hydrogen (secondary N) is 1. The Bertz CT molecular complexity index is 1300. The van der Waals surface area contributed by atoms with Crippen LogP contribution < -0.4 is 10.1 Å². The number of hydrogen-bond donors (Lipinski definition) is 3. The van der Waals surface area contributed by atoms with Gasteiger partial charge >= 0.3 is 11.9 Å². The first kappa shape index (κ1) is 26.5. The number of ether oxygens (including phenoxy) is 2. The number of methoxy groups -OCH3 is 1. The van der Waals surface area contributed by atoms with Gasteiger partial charge in [-0.3, -0.25) is 0 Å². The number of aromatic nitrogens is 1. The lowest BCUT2D eigenvalue weighted by Gasteiger charge is -2.10. The van der Waals surface area contributed by atoms with Crippen molar-refractivity contribution in [2.75, 3.05) is 33.4 Å². The largest absolute Gasteiger partial charge is 0.492 e. The van der Waals surface area contributed by atoms with Gasteiger partial charge in [0.1, 0.15) is 12.4 Å². The van der Waals surface area contributed by atoms with Crippen LogP contribution >= 0.6 is 0 Å². The van der Waals surface area contributed by atoms with Gasteiger partial charge in [0, 0.05) is 55.2 Å². The van der Waals surface area contributed by atoms with Crippen LogP contribution in [0.4, 0.5) is 0 Å². The molecule has 0 fully saturated rings. The van der Waals surface area contributed by atoms with Crippen molar-refractivity contribution in [3.8, 4) is 5.75 Å². The van der Waals surface area contributed by atoms with Crippen molar-refractivity contribution in [2.24, 2.45) is 0 Å². The lowest BCUT2D eigenvalue weighted by Crippen LogP contribution is -2.24. The van der Waals surface area contributed by atoms with E-state index in [0.717, 1.165) is 25.4 Å². The Hall–Kier alpha value is -4.14. The molecule has 0 atom stereocenters. The van der Waals surface area contributed by atoms with Crippen molar-refractivity contribution in [2.45, 2.75) is 6.54 Å². The third-order valence-corrected chi connectivity index (χ3v) is 5.33.